The topological polar surface area (TPSA) is 76.5 Å². The van der Waals surface area contributed by atoms with Crippen LogP contribution in [0.2, 0.25) is 0 Å². The molecule has 148 valence electrons. The molecule has 0 fully saturated rings. The number of aromatic nitrogens is 2. The summed E-state index contributed by atoms with van der Waals surface area (Å²) < 4.78 is 6.90. The third kappa shape index (κ3) is 3.35. The Morgan fingerprint density at radius 3 is 2.55 bits per heavy atom. The Kier molecular flexibility index (Phi) is 5.03. The maximum atomic E-state index is 13.2. The molecule has 2 aromatic carbocycles. The van der Waals surface area contributed by atoms with Crippen molar-refractivity contribution < 1.29 is 9.53 Å². The first-order valence-electron chi connectivity index (χ1n) is 9.44. The highest BCUT2D eigenvalue weighted by atomic mass is 16.5. The zero-order valence-corrected chi connectivity index (χ0v) is 16.4. The third-order valence-corrected chi connectivity index (χ3v) is 5.10. The molecule has 1 amide bonds. The van der Waals surface area contributed by atoms with E-state index in [-0.39, 0.29) is 18.0 Å². The molecule has 1 N–H and O–H groups in total. The minimum absolute atomic E-state index is 0.102. The number of nitrogens with zero attached hydrogens (tertiary/aromatic N) is 3. The van der Waals surface area contributed by atoms with Crippen LogP contribution in [0.1, 0.15) is 21.6 Å². The summed E-state index contributed by atoms with van der Waals surface area (Å²) >= 11 is 0. The van der Waals surface area contributed by atoms with Crippen molar-refractivity contribution in [2.45, 2.75) is 13.0 Å². The molecule has 1 aliphatic rings. The number of hydrogen-bond donors (Lipinski definition) is 1. The molecule has 1 aromatic heterocycles. The maximum Gasteiger partial charge on any atom is 0.263 e. The van der Waals surface area contributed by atoms with Crippen LogP contribution in [0.25, 0.3) is 5.69 Å². The van der Waals surface area contributed by atoms with E-state index in [9.17, 15) is 9.59 Å². The Labute approximate surface area is 168 Å². The maximum absolute atomic E-state index is 13.2. The van der Waals surface area contributed by atoms with E-state index in [4.69, 9.17) is 4.74 Å². The number of ether oxygens (including phenoxy) is 1. The lowest BCUT2D eigenvalue weighted by atomic mass is 10.0. The summed E-state index contributed by atoms with van der Waals surface area (Å²) in [5, 5.41) is 3.01. The van der Waals surface area contributed by atoms with E-state index in [0.717, 1.165) is 5.69 Å². The van der Waals surface area contributed by atoms with Gasteiger partial charge in [0.05, 0.1) is 30.6 Å². The number of rotatable bonds is 4. The van der Waals surface area contributed by atoms with E-state index >= 15 is 0 Å². The van der Waals surface area contributed by atoms with E-state index in [2.05, 4.69) is 10.3 Å². The molecule has 0 atom stereocenters. The predicted molar refractivity (Wildman–Crippen MR) is 111 cm³/mol. The number of methoxy groups -OCH3 is 1. The average molecular weight is 390 g/mol. The van der Waals surface area contributed by atoms with Gasteiger partial charge in [0.25, 0.3) is 11.5 Å². The van der Waals surface area contributed by atoms with Crippen molar-refractivity contribution in [3.8, 4) is 11.4 Å². The summed E-state index contributed by atoms with van der Waals surface area (Å²) in [5.74, 6) is 0.853. The summed E-state index contributed by atoms with van der Waals surface area (Å²) in [6.45, 7) is 0.736. The number of nitrogens with one attached hydrogen (secondary N) is 1. The highest BCUT2D eigenvalue weighted by Gasteiger charge is 2.28. The molecule has 29 heavy (non-hydrogen) atoms. The van der Waals surface area contributed by atoms with Gasteiger partial charge in [0, 0.05) is 19.2 Å². The van der Waals surface area contributed by atoms with Gasteiger partial charge in [-0.3, -0.25) is 9.59 Å². The lowest BCUT2D eigenvalue weighted by molar-refractivity contribution is 0.0728. The molecule has 0 spiro atoms. The summed E-state index contributed by atoms with van der Waals surface area (Å²) in [7, 11) is 3.28. The van der Waals surface area contributed by atoms with Gasteiger partial charge in [0.1, 0.15) is 5.75 Å². The monoisotopic (exact) mass is 390 g/mol. The number of hydrogen-bond acceptors (Lipinski definition) is 5. The van der Waals surface area contributed by atoms with Crippen LogP contribution in [0, 0.1) is 0 Å². The van der Waals surface area contributed by atoms with Gasteiger partial charge >= 0.3 is 0 Å². The molecule has 0 radical (unpaired) electrons. The Morgan fingerprint density at radius 1 is 1.10 bits per heavy atom. The van der Waals surface area contributed by atoms with Crippen LogP contribution in [0.5, 0.6) is 5.75 Å². The number of benzene rings is 2. The Morgan fingerprint density at radius 2 is 1.83 bits per heavy atom. The van der Waals surface area contributed by atoms with Crippen molar-refractivity contribution in [1.82, 2.24) is 14.5 Å². The summed E-state index contributed by atoms with van der Waals surface area (Å²) in [6.07, 6.45) is 0.457. The second-order valence-electron chi connectivity index (χ2n) is 6.76. The number of amides is 1. The van der Waals surface area contributed by atoms with Crippen LogP contribution in [0.15, 0.2) is 59.4 Å². The van der Waals surface area contributed by atoms with Crippen LogP contribution >= 0.6 is 0 Å². The minimum atomic E-state index is -0.131. The Hall–Kier alpha value is -3.61. The van der Waals surface area contributed by atoms with Gasteiger partial charge in [-0.05, 0) is 30.7 Å². The average Bonchev–Trinajstić information content (AvgIpc) is 2.78. The quantitative estimate of drug-likeness (QED) is 0.741. The molecule has 0 saturated heterocycles. The van der Waals surface area contributed by atoms with E-state index in [1.54, 1.807) is 35.8 Å². The molecule has 0 unspecified atom stereocenters. The van der Waals surface area contributed by atoms with Crippen LogP contribution in [0.3, 0.4) is 0 Å². The fraction of sp³-hybridized carbons (Fsp3) is 0.227. The van der Waals surface area contributed by atoms with Crippen LogP contribution in [-0.2, 0) is 13.0 Å². The minimum Gasteiger partial charge on any atom is -0.496 e. The van der Waals surface area contributed by atoms with Gasteiger partial charge in [0.15, 0.2) is 0 Å². The van der Waals surface area contributed by atoms with E-state index in [1.165, 1.54) is 0 Å². The zero-order chi connectivity index (χ0) is 20.4. The molecule has 4 rings (SSSR count). The molecule has 7 nitrogen and oxygen atoms in total. The van der Waals surface area contributed by atoms with Gasteiger partial charge in [-0.15, -0.1) is 0 Å². The first-order valence-corrected chi connectivity index (χ1v) is 9.44. The van der Waals surface area contributed by atoms with Crippen molar-refractivity contribution in [3.63, 3.8) is 0 Å². The van der Waals surface area contributed by atoms with Crippen LogP contribution < -0.4 is 15.6 Å². The highest BCUT2D eigenvalue weighted by Crippen LogP contribution is 2.24. The standard InChI is InChI=1S/C22H22N4O3/c1-23-22-24-18-14-25(20(27)17-10-6-7-11-19(17)29-2)13-12-16(18)21(28)26(22)15-8-4-3-5-9-15/h3-11H,12-14H2,1-2H3,(H,23,24). The second-order valence-corrected chi connectivity index (χ2v) is 6.76. The van der Waals surface area contributed by atoms with E-state index in [0.29, 0.717) is 41.5 Å². The van der Waals surface area contributed by atoms with Gasteiger partial charge in [0.2, 0.25) is 5.95 Å². The SMILES string of the molecule is CNc1nc2c(c(=O)n1-c1ccccc1)CCN(C(=O)c1ccccc1OC)C2. The highest BCUT2D eigenvalue weighted by molar-refractivity contribution is 5.97. The van der Waals surface area contributed by atoms with Crippen molar-refractivity contribution in [2.24, 2.45) is 0 Å². The number of fused-ring (bicyclic) bond motifs is 1. The molecular weight excluding hydrogens is 368 g/mol. The second kappa shape index (κ2) is 7.79. The van der Waals surface area contributed by atoms with Crippen LogP contribution in [-0.4, -0.2) is 41.1 Å². The Balaban J connectivity index is 1.71. The zero-order valence-electron chi connectivity index (χ0n) is 16.4. The normalized spacial score (nSPS) is 13.0. The lowest BCUT2D eigenvalue weighted by Crippen LogP contribution is -2.40. The van der Waals surface area contributed by atoms with Gasteiger partial charge in [-0.2, -0.15) is 0 Å². The smallest absolute Gasteiger partial charge is 0.263 e. The summed E-state index contributed by atoms with van der Waals surface area (Å²) in [5.41, 5.74) is 2.43. The van der Waals surface area contributed by atoms with Crippen molar-refractivity contribution >= 4 is 11.9 Å². The molecule has 3 aromatic rings. The largest absolute Gasteiger partial charge is 0.496 e. The molecule has 1 aliphatic heterocycles. The van der Waals surface area contributed by atoms with Gasteiger partial charge < -0.3 is 15.0 Å². The Bertz CT molecular complexity index is 1110. The van der Waals surface area contributed by atoms with Crippen LogP contribution in [0.4, 0.5) is 5.95 Å². The fourth-order valence-corrected chi connectivity index (χ4v) is 3.64. The molecule has 7 heteroatoms. The molecule has 0 bridgehead atoms. The predicted octanol–water partition coefficient (Wildman–Crippen LogP) is 2.48. The molecule has 0 aliphatic carbocycles. The number of para-hydroxylation sites is 2. The fourth-order valence-electron chi connectivity index (χ4n) is 3.64. The van der Waals surface area contributed by atoms with Gasteiger partial charge in [-0.25, -0.2) is 9.55 Å². The van der Waals surface area contributed by atoms with E-state index in [1.807, 2.05) is 42.5 Å². The molecule has 0 saturated carbocycles. The summed E-state index contributed by atoms with van der Waals surface area (Å²) in [6, 6.07) is 16.6. The molecule has 2 heterocycles. The number of carbonyl (C=O) groups is 1. The first kappa shape index (κ1) is 18.7. The lowest BCUT2D eigenvalue weighted by Gasteiger charge is -2.29. The van der Waals surface area contributed by atoms with Crippen molar-refractivity contribution in [1.29, 1.82) is 0 Å². The first-order chi connectivity index (χ1) is 14.1. The number of carbonyl (C=O) groups excluding carboxylic acids is 1. The van der Waals surface area contributed by atoms with Crippen molar-refractivity contribution in [3.05, 3.63) is 81.8 Å². The summed E-state index contributed by atoms with van der Waals surface area (Å²) in [4.78, 5) is 32.6. The molecular formula is C22H22N4O3. The van der Waals surface area contributed by atoms with Crippen molar-refractivity contribution in [2.75, 3.05) is 26.0 Å². The third-order valence-electron chi connectivity index (χ3n) is 5.10. The number of anilines is 1. The van der Waals surface area contributed by atoms with Gasteiger partial charge in [-0.1, -0.05) is 30.3 Å². The van der Waals surface area contributed by atoms with E-state index < -0.39 is 0 Å².